The maximum absolute atomic E-state index is 12.2. The third-order valence-corrected chi connectivity index (χ3v) is 3.79. The molecule has 1 amide bonds. The van der Waals surface area contributed by atoms with Gasteiger partial charge < -0.3 is 14.8 Å². The third-order valence-electron chi connectivity index (χ3n) is 3.79. The summed E-state index contributed by atoms with van der Waals surface area (Å²) in [4.78, 5) is 28.4. The zero-order valence-corrected chi connectivity index (χ0v) is 14.6. The van der Waals surface area contributed by atoms with Crippen molar-refractivity contribution in [3.05, 3.63) is 47.8 Å². The molecule has 1 N–H and O–H groups in total. The van der Waals surface area contributed by atoms with E-state index in [4.69, 9.17) is 9.47 Å². The van der Waals surface area contributed by atoms with Crippen LogP contribution in [0.15, 0.2) is 36.5 Å². The summed E-state index contributed by atoms with van der Waals surface area (Å²) in [6, 6.07) is 8.55. The van der Waals surface area contributed by atoms with Crippen molar-refractivity contribution in [3.63, 3.8) is 0 Å². The smallest absolute Gasteiger partial charge is 0.340 e. The Bertz CT molecular complexity index is 980. The first kappa shape index (κ1) is 17.4. The Morgan fingerprint density at radius 2 is 2.08 bits per heavy atom. The van der Waals surface area contributed by atoms with E-state index in [-0.39, 0.29) is 5.56 Å². The molecule has 0 saturated heterocycles. The number of hydrogen-bond acceptors (Lipinski definition) is 6. The van der Waals surface area contributed by atoms with Gasteiger partial charge in [-0.25, -0.2) is 9.78 Å². The molecule has 0 spiro atoms. The molecule has 8 heteroatoms. The van der Waals surface area contributed by atoms with Crippen LogP contribution >= 0.6 is 0 Å². The lowest BCUT2D eigenvalue weighted by Gasteiger charge is -2.08. The molecule has 0 unspecified atom stereocenters. The first-order valence-electron chi connectivity index (χ1n) is 7.88. The van der Waals surface area contributed by atoms with Crippen molar-refractivity contribution < 1.29 is 19.1 Å². The summed E-state index contributed by atoms with van der Waals surface area (Å²) in [6.07, 6.45) is 1.41. The van der Waals surface area contributed by atoms with E-state index in [0.717, 1.165) is 11.1 Å². The van der Waals surface area contributed by atoms with E-state index < -0.39 is 18.5 Å². The Morgan fingerprint density at radius 1 is 1.27 bits per heavy atom. The van der Waals surface area contributed by atoms with E-state index in [1.54, 1.807) is 42.1 Å². The number of hydrogen-bond donors (Lipinski definition) is 1. The quantitative estimate of drug-likeness (QED) is 0.705. The predicted molar refractivity (Wildman–Crippen MR) is 95.2 cm³/mol. The number of amides is 1. The molecule has 0 saturated carbocycles. The molecule has 0 bridgehead atoms. The Balaban J connectivity index is 1.63. The van der Waals surface area contributed by atoms with Gasteiger partial charge in [-0.1, -0.05) is 6.07 Å². The largest absolute Gasteiger partial charge is 0.497 e. The number of rotatable bonds is 5. The molecule has 2 heterocycles. The van der Waals surface area contributed by atoms with Crippen molar-refractivity contribution in [1.82, 2.24) is 14.8 Å². The molecule has 1 aromatic carbocycles. The minimum absolute atomic E-state index is 0.266. The Hall–Kier alpha value is -3.42. The lowest BCUT2D eigenvalue weighted by molar-refractivity contribution is -0.119. The summed E-state index contributed by atoms with van der Waals surface area (Å²) in [5, 5.41) is 7.66. The van der Waals surface area contributed by atoms with Crippen molar-refractivity contribution in [3.8, 4) is 5.75 Å². The number of fused-ring (bicyclic) bond motifs is 1. The first-order chi connectivity index (χ1) is 12.5. The Morgan fingerprint density at radius 3 is 2.85 bits per heavy atom. The highest BCUT2D eigenvalue weighted by Gasteiger charge is 2.14. The van der Waals surface area contributed by atoms with Crippen LogP contribution in [0.1, 0.15) is 16.1 Å². The number of carbonyl (C=O) groups excluding carboxylic acids is 2. The summed E-state index contributed by atoms with van der Waals surface area (Å²) in [6.45, 7) is 1.43. The van der Waals surface area contributed by atoms with Gasteiger partial charge in [-0.15, -0.1) is 0 Å². The number of nitrogens with one attached hydrogen (secondary N) is 1. The van der Waals surface area contributed by atoms with Gasteiger partial charge in [0.05, 0.1) is 18.4 Å². The molecule has 2 aromatic heterocycles. The van der Waals surface area contributed by atoms with Gasteiger partial charge in [-0.05, 0) is 25.1 Å². The minimum Gasteiger partial charge on any atom is -0.497 e. The van der Waals surface area contributed by atoms with Crippen molar-refractivity contribution in [2.45, 2.75) is 6.92 Å². The highest BCUT2D eigenvalue weighted by atomic mass is 16.5. The lowest BCUT2D eigenvalue weighted by atomic mass is 10.2. The number of carbonyl (C=O) groups is 2. The van der Waals surface area contributed by atoms with E-state index in [2.05, 4.69) is 15.4 Å². The molecule has 3 aromatic rings. The molecule has 0 fully saturated rings. The molecular weight excluding hydrogens is 336 g/mol. The van der Waals surface area contributed by atoms with Gasteiger partial charge in [-0.3, -0.25) is 9.48 Å². The van der Waals surface area contributed by atoms with Gasteiger partial charge in [0.2, 0.25) is 0 Å². The first-order valence-corrected chi connectivity index (χ1v) is 7.88. The number of aryl methyl sites for hydroxylation is 2. The maximum atomic E-state index is 12.2. The van der Waals surface area contributed by atoms with Crippen LogP contribution in [0.25, 0.3) is 11.0 Å². The molecule has 8 nitrogen and oxygen atoms in total. The molecule has 0 aliphatic carbocycles. The summed E-state index contributed by atoms with van der Waals surface area (Å²) >= 11 is 0. The minimum atomic E-state index is -0.622. The van der Waals surface area contributed by atoms with Gasteiger partial charge in [-0.2, -0.15) is 5.10 Å². The van der Waals surface area contributed by atoms with Crippen LogP contribution in [-0.4, -0.2) is 40.4 Å². The fourth-order valence-corrected chi connectivity index (χ4v) is 2.53. The molecule has 0 aliphatic rings. The fraction of sp³-hybridized carbons (Fsp3) is 0.222. The second-order valence-electron chi connectivity index (χ2n) is 5.66. The van der Waals surface area contributed by atoms with Crippen molar-refractivity contribution in [2.24, 2.45) is 7.05 Å². The highest BCUT2D eigenvalue weighted by molar-refractivity contribution is 5.97. The standard InChI is InChI=1S/C18H18N4O4/c1-11-15-7-12(9-19-17(15)22(2)21-11)18(24)26-10-16(23)20-13-5-4-6-14(8-13)25-3/h4-9H,10H2,1-3H3,(H,20,23). The van der Waals surface area contributed by atoms with Crippen LogP contribution in [0.4, 0.5) is 5.69 Å². The van der Waals surface area contributed by atoms with Gasteiger partial charge >= 0.3 is 5.97 Å². The number of benzene rings is 1. The normalized spacial score (nSPS) is 10.6. The second kappa shape index (κ2) is 7.22. The number of aromatic nitrogens is 3. The van der Waals surface area contributed by atoms with Crippen LogP contribution in [0.3, 0.4) is 0 Å². The van der Waals surface area contributed by atoms with Crippen LogP contribution in [0, 0.1) is 6.92 Å². The summed E-state index contributed by atoms with van der Waals surface area (Å²) in [5.41, 5.74) is 2.26. The molecule has 26 heavy (non-hydrogen) atoms. The molecule has 3 rings (SSSR count). The monoisotopic (exact) mass is 354 g/mol. The number of methoxy groups -OCH3 is 1. The molecule has 134 valence electrons. The maximum Gasteiger partial charge on any atom is 0.340 e. The fourth-order valence-electron chi connectivity index (χ4n) is 2.53. The number of pyridine rings is 1. The third kappa shape index (κ3) is 3.64. The molecular formula is C18H18N4O4. The van der Waals surface area contributed by atoms with Gasteiger partial charge in [0.25, 0.3) is 5.91 Å². The van der Waals surface area contributed by atoms with E-state index in [9.17, 15) is 9.59 Å². The van der Waals surface area contributed by atoms with E-state index in [0.29, 0.717) is 17.1 Å². The summed E-state index contributed by atoms with van der Waals surface area (Å²) < 4.78 is 11.8. The average molecular weight is 354 g/mol. The van der Waals surface area contributed by atoms with Crippen molar-refractivity contribution >= 4 is 28.6 Å². The highest BCUT2D eigenvalue weighted by Crippen LogP contribution is 2.18. The molecule has 0 atom stereocenters. The van der Waals surface area contributed by atoms with Crippen LogP contribution in [0.5, 0.6) is 5.75 Å². The zero-order valence-electron chi connectivity index (χ0n) is 14.6. The topological polar surface area (TPSA) is 95.3 Å². The van der Waals surface area contributed by atoms with E-state index in [1.807, 2.05) is 6.92 Å². The van der Waals surface area contributed by atoms with Gasteiger partial charge in [0.15, 0.2) is 12.3 Å². The van der Waals surface area contributed by atoms with Crippen molar-refractivity contribution in [1.29, 1.82) is 0 Å². The van der Waals surface area contributed by atoms with Crippen LogP contribution in [-0.2, 0) is 16.6 Å². The summed E-state index contributed by atoms with van der Waals surface area (Å²) in [5.74, 6) is -0.451. The number of anilines is 1. The summed E-state index contributed by atoms with van der Waals surface area (Å²) in [7, 11) is 3.32. The van der Waals surface area contributed by atoms with Gasteiger partial charge in [0.1, 0.15) is 5.75 Å². The van der Waals surface area contributed by atoms with Crippen LogP contribution < -0.4 is 10.1 Å². The Labute approximate surface area is 149 Å². The Kier molecular flexibility index (Phi) is 4.83. The number of esters is 1. The lowest BCUT2D eigenvalue weighted by Crippen LogP contribution is -2.21. The molecule has 0 radical (unpaired) electrons. The van der Waals surface area contributed by atoms with Crippen LogP contribution in [0.2, 0.25) is 0 Å². The van der Waals surface area contributed by atoms with Crippen molar-refractivity contribution in [2.75, 3.05) is 19.0 Å². The molecule has 0 aliphatic heterocycles. The van der Waals surface area contributed by atoms with E-state index >= 15 is 0 Å². The zero-order chi connectivity index (χ0) is 18.7. The number of nitrogens with zero attached hydrogens (tertiary/aromatic N) is 3. The van der Waals surface area contributed by atoms with E-state index in [1.165, 1.54) is 13.3 Å². The number of ether oxygens (including phenoxy) is 2. The predicted octanol–water partition coefficient (Wildman–Crippen LogP) is 2.08. The second-order valence-corrected chi connectivity index (χ2v) is 5.66. The SMILES string of the molecule is COc1cccc(NC(=O)COC(=O)c2cnc3c(c2)c(C)nn3C)c1. The van der Waals surface area contributed by atoms with Gasteiger partial charge in [0, 0.05) is 30.4 Å². The average Bonchev–Trinajstić information content (AvgIpc) is 2.93.